The number of amides is 1. The van der Waals surface area contributed by atoms with Gasteiger partial charge in [-0.2, -0.15) is 0 Å². The highest BCUT2D eigenvalue weighted by atomic mass is 16.1. The van der Waals surface area contributed by atoms with Gasteiger partial charge < -0.3 is 15.5 Å². The van der Waals surface area contributed by atoms with Crippen LogP contribution in [-0.2, 0) is 0 Å². The molecule has 0 fully saturated rings. The van der Waals surface area contributed by atoms with E-state index in [0.717, 1.165) is 11.4 Å². The van der Waals surface area contributed by atoms with Crippen molar-refractivity contribution >= 4 is 29.0 Å². The quantitative estimate of drug-likeness (QED) is 0.708. The van der Waals surface area contributed by atoms with Crippen LogP contribution in [0.15, 0.2) is 47.9 Å². The summed E-state index contributed by atoms with van der Waals surface area (Å²) in [5.41, 5.74) is 10.6. The van der Waals surface area contributed by atoms with Gasteiger partial charge in [0.05, 0.1) is 23.1 Å². The van der Waals surface area contributed by atoms with E-state index in [4.69, 9.17) is 5.73 Å². The summed E-state index contributed by atoms with van der Waals surface area (Å²) in [5.74, 6) is -0.232. The van der Waals surface area contributed by atoms with Gasteiger partial charge in [-0.05, 0) is 38.1 Å². The van der Waals surface area contributed by atoms with Crippen molar-refractivity contribution in [3.8, 4) is 0 Å². The minimum atomic E-state index is -0.232. The summed E-state index contributed by atoms with van der Waals surface area (Å²) in [7, 11) is 1.66. The van der Waals surface area contributed by atoms with Crippen LogP contribution in [0.25, 0.3) is 11.2 Å². The van der Waals surface area contributed by atoms with Crippen molar-refractivity contribution < 1.29 is 4.79 Å². The average Bonchev–Trinajstić information content (AvgIpc) is 3.04. The van der Waals surface area contributed by atoms with Gasteiger partial charge in [0, 0.05) is 42.6 Å². The van der Waals surface area contributed by atoms with Crippen LogP contribution >= 0.6 is 0 Å². The maximum atomic E-state index is 12.6. The maximum Gasteiger partial charge on any atom is 0.259 e. The summed E-state index contributed by atoms with van der Waals surface area (Å²) < 4.78 is 1.89. The number of nitrogens with zero attached hydrogens (tertiary/aromatic N) is 4. The van der Waals surface area contributed by atoms with E-state index in [0.29, 0.717) is 28.2 Å². The molecule has 0 atom stereocenters. The van der Waals surface area contributed by atoms with Crippen LogP contribution in [-0.4, -0.2) is 33.5 Å². The zero-order valence-corrected chi connectivity index (χ0v) is 14.9. The molecule has 0 aliphatic rings. The number of pyridine rings is 1. The molecule has 3 heterocycles. The lowest BCUT2D eigenvalue weighted by Crippen LogP contribution is -2.13. The number of fused-ring (bicyclic) bond motifs is 1. The highest BCUT2D eigenvalue weighted by molar-refractivity contribution is 6.10. The Bertz CT molecular complexity index is 1010. The Morgan fingerprint density at radius 3 is 2.77 bits per heavy atom. The monoisotopic (exact) mass is 348 g/mol. The van der Waals surface area contributed by atoms with Crippen LogP contribution in [0, 0.1) is 13.8 Å². The smallest absolute Gasteiger partial charge is 0.259 e. The van der Waals surface area contributed by atoms with Gasteiger partial charge in [0.1, 0.15) is 5.65 Å². The molecule has 7 nitrogen and oxygen atoms in total. The van der Waals surface area contributed by atoms with Gasteiger partial charge in [-0.1, -0.05) is 0 Å². The number of nitrogens with two attached hydrogens (primary N) is 1. The number of anilines is 1. The van der Waals surface area contributed by atoms with Crippen molar-refractivity contribution in [3.63, 3.8) is 0 Å². The number of aliphatic imine (C=N–C) groups is 1. The zero-order chi connectivity index (χ0) is 18.7. The fourth-order valence-electron chi connectivity index (χ4n) is 2.74. The van der Waals surface area contributed by atoms with E-state index in [-0.39, 0.29) is 5.91 Å². The molecule has 0 saturated heterocycles. The summed E-state index contributed by atoms with van der Waals surface area (Å²) in [5, 5.41) is 2.85. The van der Waals surface area contributed by atoms with Gasteiger partial charge >= 0.3 is 0 Å². The van der Waals surface area contributed by atoms with Gasteiger partial charge in [0.25, 0.3) is 5.91 Å². The van der Waals surface area contributed by atoms with Crippen molar-refractivity contribution in [2.75, 3.05) is 12.4 Å². The van der Waals surface area contributed by atoms with E-state index in [2.05, 4.69) is 20.3 Å². The molecular weight excluding hydrogens is 328 g/mol. The molecule has 0 unspecified atom stereocenters. The molecule has 0 bridgehead atoms. The summed E-state index contributed by atoms with van der Waals surface area (Å²) >= 11 is 0. The fourth-order valence-corrected chi connectivity index (χ4v) is 2.74. The van der Waals surface area contributed by atoms with Gasteiger partial charge in [-0.25, -0.2) is 4.98 Å². The standard InChI is InChI=1S/C19H20N6O/c1-12-8-13(2)25-7-6-16(18(25)23-12)19(26)24-15-4-5-17(22-11-15)14(9-20)10-21-3/h4-11H,20H2,1-3H3,(H,24,26). The largest absolute Gasteiger partial charge is 0.404 e. The number of carbonyl (C=O) groups excluding carboxylic acids is 1. The van der Waals surface area contributed by atoms with Crippen molar-refractivity contribution in [1.29, 1.82) is 0 Å². The first kappa shape index (κ1) is 17.3. The molecule has 0 aromatic carbocycles. The average molecular weight is 348 g/mol. The Balaban J connectivity index is 1.85. The number of aromatic nitrogens is 3. The highest BCUT2D eigenvalue weighted by Crippen LogP contribution is 2.17. The minimum Gasteiger partial charge on any atom is -0.404 e. The third-order valence-electron chi connectivity index (χ3n) is 3.95. The summed E-state index contributed by atoms with van der Waals surface area (Å²) in [6.45, 7) is 3.89. The number of allylic oxidation sites excluding steroid dienone is 1. The van der Waals surface area contributed by atoms with E-state index < -0.39 is 0 Å². The predicted molar refractivity (Wildman–Crippen MR) is 103 cm³/mol. The zero-order valence-electron chi connectivity index (χ0n) is 14.9. The summed E-state index contributed by atoms with van der Waals surface area (Å²) in [6.07, 6.45) is 6.50. The lowest BCUT2D eigenvalue weighted by Gasteiger charge is -2.07. The molecule has 0 aliphatic heterocycles. The molecular formula is C19H20N6O. The van der Waals surface area contributed by atoms with E-state index in [1.165, 1.54) is 6.20 Å². The molecule has 7 heteroatoms. The number of carbonyl (C=O) groups is 1. The van der Waals surface area contributed by atoms with Crippen molar-refractivity contribution in [2.24, 2.45) is 10.7 Å². The van der Waals surface area contributed by atoms with Crippen LogP contribution in [0.4, 0.5) is 5.69 Å². The van der Waals surface area contributed by atoms with Gasteiger partial charge in [-0.3, -0.25) is 14.8 Å². The molecule has 26 heavy (non-hydrogen) atoms. The molecule has 0 saturated carbocycles. The Morgan fingerprint density at radius 1 is 1.31 bits per heavy atom. The normalized spacial score (nSPS) is 12.0. The summed E-state index contributed by atoms with van der Waals surface area (Å²) in [6, 6.07) is 7.29. The SMILES string of the molecule is CN=CC(=CN)c1ccc(NC(=O)c2ccn3c(C)cc(C)nc23)cn1. The molecule has 3 N–H and O–H groups in total. The van der Waals surface area contributed by atoms with Crippen molar-refractivity contribution in [1.82, 2.24) is 14.4 Å². The topological polar surface area (TPSA) is 97.7 Å². The lowest BCUT2D eigenvalue weighted by atomic mass is 10.2. The van der Waals surface area contributed by atoms with E-state index in [9.17, 15) is 4.79 Å². The summed E-state index contributed by atoms with van der Waals surface area (Å²) in [4.78, 5) is 25.4. The second-order valence-electron chi connectivity index (χ2n) is 5.86. The number of hydrogen-bond donors (Lipinski definition) is 2. The lowest BCUT2D eigenvalue weighted by molar-refractivity contribution is 0.102. The molecule has 0 radical (unpaired) electrons. The molecule has 1 amide bonds. The molecule has 0 spiro atoms. The van der Waals surface area contributed by atoms with E-state index >= 15 is 0 Å². The molecule has 132 valence electrons. The van der Waals surface area contributed by atoms with Crippen LogP contribution in [0.1, 0.15) is 27.4 Å². The second-order valence-corrected chi connectivity index (χ2v) is 5.86. The highest BCUT2D eigenvalue weighted by Gasteiger charge is 2.14. The third kappa shape index (κ3) is 3.32. The van der Waals surface area contributed by atoms with Crippen molar-refractivity contribution in [2.45, 2.75) is 13.8 Å². The van der Waals surface area contributed by atoms with Crippen LogP contribution in [0.5, 0.6) is 0 Å². The predicted octanol–water partition coefficient (Wildman–Crippen LogP) is 2.60. The van der Waals surface area contributed by atoms with E-state index in [1.54, 1.807) is 37.7 Å². The first-order chi connectivity index (χ1) is 12.5. The molecule has 3 aromatic rings. The van der Waals surface area contributed by atoms with Gasteiger partial charge in [0.2, 0.25) is 0 Å². The molecule has 3 aromatic heterocycles. The third-order valence-corrected chi connectivity index (χ3v) is 3.95. The number of rotatable bonds is 4. The minimum absolute atomic E-state index is 0.232. The second kappa shape index (κ2) is 7.18. The van der Waals surface area contributed by atoms with Gasteiger partial charge in [0.15, 0.2) is 0 Å². The molecule has 0 aliphatic carbocycles. The fraction of sp³-hybridized carbons (Fsp3) is 0.158. The Kier molecular flexibility index (Phi) is 4.79. The van der Waals surface area contributed by atoms with Gasteiger partial charge in [-0.15, -0.1) is 0 Å². The number of aryl methyl sites for hydroxylation is 2. The number of hydrogen-bond acceptors (Lipinski definition) is 5. The first-order valence-corrected chi connectivity index (χ1v) is 8.10. The maximum absolute atomic E-state index is 12.6. The van der Waals surface area contributed by atoms with Crippen LogP contribution < -0.4 is 11.1 Å². The van der Waals surface area contributed by atoms with Crippen molar-refractivity contribution in [3.05, 3.63) is 65.5 Å². The molecule has 3 rings (SSSR count). The Hall–Kier alpha value is -3.48. The van der Waals surface area contributed by atoms with Crippen LogP contribution in [0.2, 0.25) is 0 Å². The first-order valence-electron chi connectivity index (χ1n) is 8.10. The van der Waals surface area contributed by atoms with Crippen LogP contribution in [0.3, 0.4) is 0 Å². The number of nitrogens with one attached hydrogen (secondary N) is 1. The van der Waals surface area contributed by atoms with E-state index in [1.807, 2.05) is 30.5 Å². The Labute approximate surface area is 151 Å². The Morgan fingerprint density at radius 2 is 2.12 bits per heavy atom.